The largest absolute Gasteiger partial charge is 0.300 e. The lowest BCUT2D eigenvalue weighted by Crippen LogP contribution is -2.38. The number of rotatable bonds is 2. The first kappa shape index (κ1) is 13.8. The molecule has 0 aliphatic carbocycles. The first-order chi connectivity index (χ1) is 8.43. The Morgan fingerprint density at radius 3 is 2.33 bits per heavy atom. The highest BCUT2D eigenvalue weighted by atomic mass is 35.5. The maximum Gasteiger partial charge on any atom is 0.244 e. The van der Waals surface area contributed by atoms with E-state index in [1.165, 1.54) is 22.5 Å². The number of hydrogen-bond donors (Lipinski definition) is 0. The minimum absolute atomic E-state index is 0.00832. The number of ketones is 1. The van der Waals surface area contributed by atoms with Crippen LogP contribution in [-0.2, 0) is 14.8 Å². The van der Waals surface area contributed by atoms with Crippen LogP contribution >= 0.6 is 23.2 Å². The number of hydrogen-bond acceptors (Lipinski definition) is 3. The Hall–Kier alpha value is -0.620. The first-order valence-corrected chi connectivity index (χ1v) is 7.58. The van der Waals surface area contributed by atoms with Gasteiger partial charge >= 0.3 is 0 Å². The Balaban J connectivity index is 2.36. The molecule has 1 heterocycles. The lowest BCUT2D eigenvalue weighted by atomic mass is 10.1. The molecule has 1 aliphatic rings. The number of carbonyl (C=O) groups is 1. The molecule has 0 amide bonds. The highest BCUT2D eigenvalue weighted by molar-refractivity contribution is 7.89. The first-order valence-electron chi connectivity index (χ1n) is 5.39. The third-order valence-corrected chi connectivity index (χ3v) is 5.69. The maximum absolute atomic E-state index is 12.3. The monoisotopic (exact) mass is 307 g/mol. The summed E-state index contributed by atoms with van der Waals surface area (Å²) in [5.74, 6) is 0.0821. The summed E-state index contributed by atoms with van der Waals surface area (Å²) in [5, 5.41) is 0.224. The van der Waals surface area contributed by atoms with Crippen LogP contribution in [0, 0.1) is 0 Å². The number of nitrogens with zero attached hydrogens (tertiary/aromatic N) is 1. The van der Waals surface area contributed by atoms with Gasteiger partial charge in [-0.2, -0.15) is 4.31 Å². The van der Waals surface area contributed by atoms with Crippen molar-refractivity contribution in [2.24, 2.45) is 0 Å². The second-order valence-electron chi connectivity index (χ2n) is 3.99. The molecule has 7 heteroatoms. The molecule has 1 aliphatic heterocycles. The van der Waals surface area contributed by atoms with Crippen molar-refractivity contribution in [1.29, 1.82) is 0 Å². The van der Waals surface area contributed by atoms with E-state index in [1.807, 2.05) is 0 Å². The van der Waals surface area contributed by atoms with Crippen molar-refractivity contribution in [1.82, 2.24) is 4.31 Å². The Kier molecular flexibility index (Phi) is 3.96. The molecule has 18 heavy (non-hydrogen) atoms. The van der Waals surface area contributed by atoms with Gasteiger partial charge in [-0.15, -0.1) is 0 Å². The number of benzene rings is 1. The minimum atomic E-state index is -3.67. The number of Topliss-reactive ketones (excluding diaryl/α,β-unsaturated/α-hetero) is 1. The van der Waals surface area contributed by atoms with Crippen molar-refractivity contribution >= 4 is 39.0 Å². The zero-order chi connectivity index (χ0) is 13.3. The molecular formula is C11H11Cl2NO3S. The Morgan fingerprint density at radius 2 is 1.72 bits per heavy atom. The predicted octanol–water partition coefficient (Wildman–Crippen LogP) is 2.35. The van der Waals surface area contributed by atoms with Crippen molar-refractivity contribution in [3.63, 3.8) is 0 Å². The van der Waals surface area contributed by atoms with Gasteiger partial charge in [-0.1, -0.05) is 29.3 Å². The van der Waals surface area contributed by atoms with Crippen LogP contribution in [0.25, 0.3) is 0 Å². The highest BCUT2D eigenvalue weighted by Crippen LogP contribution is 2.31. The number of sulfonamides is 1. The molecule has 1 saturated heterocycles. The van der Waals surface area contributed by atoms with Crippen molar-refractivity contribution in [3.05, 3.63) is 28.2 Å². The quantitative estimate of drug-likeness (QED) is 0.842. The van der Waals surface area contributed by atoms with Gasteiger partial charge < -0.3 is 0 Å². The average molecular weight is 308 g/mol. The van der Waals surface area contributed by atoms with Gasteiger partial charge in [0.2, 0.25) is 10.0 Å². The second kappa shape index (κ2) is 5.17. The van der Waals surface area contributed by atoms with Crippen LogP contribution in [-0.4, -0.2) is 31.6 Å². The molecule has 1 aromatic carbocycles. The summed E-state index contributed by atoms with van der Waals surface area (Å²) in [6.07, 6.45) is 0.495. The molecule has 0 saturated carbocycles. The van der Waals surface area contributed by atoms with E-state index in [4.69, 9.17) is 23.2 Å². The van der Waals surface area contributed by atoms with E-state index in [2.05, 4.69) is 0 Å². The molecule has 0 bridgehead atoms. The van der Waals surface area contributed by atoms with Crippen molar-refractivity contribution in [2.75, 3.05) is 13.1 Å². The van der Waals surface area contributed by atoms with Gasteiger partial charge in [0.1, 0.15) is 10.7 Å². The normalized spacial score (nSPS) is 18.0. The van der Waals surface area contributed by atoms with Crippen molar-refractivity contribution in [3.8, 4) is 0 Å². The SMILES string of the molecule is O=C1CCN(S(=O)(=O)c2cccc(Cl)c2Cl)CC1. The molecule has 98 valence electrons. The van der Waals surface area contributed by atoms with Crippen LogP contribution in [0.4, 0.5) is 0 Å². The molecular weight excluding hydrogens is 297 g/mol. The Labute approximate surface area is 116 Å². The van der Waals surface area contributed by atoms with Crippen LogP contribution in [0.1, 0.15) is 12.8 Å². The molecule has 0 radical (unpaired) electrons. The number of carbonyl (C=O) groups excluding carboxylic acids is 1. The van der Waals surface area contributed by atoms with Crippen molar-refractivity contribution in [2.45, 2.75) is 17.7 Å². The summed E-state index contributed by atoms with van der Waals surface area (Å²) in [6.45, 7) is 0.397. The lowest BCUT2D eigenvalue weighted by Gasteiger charge is -2.25. The van der Waals surface area contributed by atoms with E-state index in [0.29, 0.717) is 0 Å². The highest BCUT2D eigenvalue weighted by Gasteiger charge is 2.30. The fraction of sp³-hybridized carbons (Fsp3) is 0.364. The van der Waals surface area contributed by atoms with Gasteiger partial charge in [0.15, 0.2) is 0 Å². The smallest absolute Gasteiger partial charge is 0.244 e. The number of halogens is 2. The second-order valence-corrected chi connectivity index (χ2v) is 6.69. The van der Waals surface area contributed by atoms with E-state index in [-0.39, 0.29) is 46.7 Å². The third-order valence-electron chi connectivity index (χ3n) is 2.81. The fourth-order valence-electron chi connectivity index (χ4n) is 1.80. The zero-order valence-electron chi connectivity index (χ0n) is 9.40. The van der Waals surface area contributed by atoms with E-state index in [1.54, 1.807) is 0 Å². The van der Waals surface area contributed by atoms with Crippen molar-refractivity contribution < 1.29 is 13.2 Å². The molecule has 0 atom stereocenters. The molecule has 2 rings (SSSR count). The lowest BCUT2D eigenvalue weighted by molar-refractivity contribution is -0.120. The molecule has 0 N–H and O–H groups in total. The van der Waals surface area contributed by atoms with Crippen LogP contribution in [0.3, 0.4) is 0 Å². The molecule has 0 unspecified atom stereocenters. The van der Waals surface area contributed by atoms with E-state index in [0.717, 1.165) is 0 Å². The molecule has 1 fully saturated rings. The van der Waals surface area contributed by atoms with Gasteiger partial charge in [0, 0.05) is 25.9 Å². The van der Waals surface area contributed by atoms with Gasteiger partial charge in [-0.3, -0.25) is 4.79 Å². The van der Waals surface area contributed by atoms with E-state index >= 15 is 0 Å². The minimum Gasteiger partial charge on any atom is -0.300 e. The van der Waals surface area contributed by atoms with Gasteiger partial charge in [-0.05, 0) is 12.1 Å². The van der Waals surface area contributed by atoms with Crippen LogP contribution < -0.4 is 0 Å². The molecule has 1 aromatic rings. The predicted molar refractivity (Wildman–Crippen MR) is 69.5 cm³/mol. The molecule has 0 aromatic heterocycles. The standard InChI is InChI=1S/C11H11Cl2NO3S/c12-9-2-1-3-10(11(9)13)18(16,17)14-6-4-8(15)5-7-14/h1-3H,4-7H2. The summed E-state index contributed by atoms with van der Waals surface area (Å²) >= 11 is 11.7. The fourth-order valence-corrected chi connectivity index (χ4v) is 3.98. The van der Waals surface area contributed by atoms with E-state index < -0.39 is 10.0 Å². The third kappa shape index (κ3) is 2.54. The summed E-state index contributed by atoms with van der Waals surface area (Å²) in [5.41, 5.74) is 0. The Morgan fingerprint density at radius 1 is 1.11 bits per heavy atom. The topological polar surface area (TPSA) is 54.5 Å². The molecule has 4 nitrogen and oxygen atoms in total. The Bertz CT molecular complexity index is 576. The van der Waals surface area contributed by atoms with Crippen LogP contribution in [0.2, 0.25) is 10.0 Å². The van der Waals surface area contributed by atoms with Crippen LogP contribution in [0.15, 0.2) is 23.1 Å². The van der Waals surface area contributed by atoms with Gasteiger partial charge in [0.05, 0.1) is 10.0 Å². The van der Waals surface area contributed by atoms with Crippen LogP contribution in [0.5, 0.6) is 0 Å². The maximum atomic E-state index is 12.3. The van der Waals surface area contributed by atoms with Gasteiger partial charge in [0.25, 0.3) is 0 Å². The summed E-state index contributed by atoms with van der Waals surface area (Å²) in [7, 11) is -3.67. The average Bonchev–Trinajstić information content (AvgIpc) is 2.33. The zero-order valence-corrected chi connectivity index (χ0v) is 11.7. The number of piperidine rings is 1. The summed E-state index contributed by atoms with van der Waals surface area (Å²) < 4.78 is 25.9. The summed E-state index contributed by atoms with van der Waals surface area (Å²) in [6, 6.07) is 4.48. The summed E-state index contributed by atoms with van der Waals surface area (Å²) in [4.78, 5) is 11.1. The molecule has 0 spiro atoms. The van der Waals surface area contributed by atoms with E-state index in [9.17, 15) is 13.2 Å². The van der Waals surface area contributed by atoms with Gasteiger partial charge in [-0.25, -0.2) is 8.42 Å².